The SMILES string of the molecule is N#Cc1ccc(F)c(OCC(O)Cn2c(=N)n(Cc3ccccc3)c3ccccc32)c1. The Kier molecular flexibility index (Phi) is 5.83. The van der Waals surface area contributed by atoms with Gasteiger partial charge < -0.3 is 19.0 Å². The maximum absolute atomic E-state index is 13.9. The van der Waals surface area contributed by atoms with Crippen LogP contribution in [0.4, 0.5) is 4.39 Å². The molecule has 2 N–H and O–H groups in total. The van der Waals surface area contributed by atoms with Gasteiger partial charge in [0.25, 0.3) is 0 Å². The number of ether oxygens (including phenoxy) is 1. The van der Waals surface area contributed by atoms with Crippen LogP contribution in [0.15, 0.2) is 72.8 Å². The first-order chi connectivity index (χ1) is 15.1. The van der Waals surface area contributed by atoms with Crippen LogP contribution in [0.1, 0.15) is 11.1 Å². The third kappa shape index (κ3) is 4.34. The zero-order valence-electron chi connectivity index (χ0n) is 16.7. The van der Waals surface area contributed by atoms with Crippen molar-refractivity contribution in [2.24, 2.45) is 0 Å². The van der Waals surface area contributed by atoms with Gasteiger partial charge in [0.1, 0.15) is 12.7 Å². The molecule has 1 unspecified atom stereocenters. The predicted octanol–water partition coefficient (Wildman–Crippen LogP) is 3.42. The lowest BCUT2D eigenvalue weighted by atomic mass is 10.2. The lowest BCUT2D eigenvalue weighted by molar-refractivity contribution is 0.0901. The molecule has 0 amide bonds. The van der Waals surface area contributed by atoms with Gasteiger partial charge in [0.2, 0.25) is 5.62 Å². The molecule has 1 aromatic heterocycles. The molecule has 0 saturated heterocycles. The third-order valence-electron chi connectivity index (χ3n) is 5.04. The number of benzene rings is 3. The van der Waals surface area contributed by atoms with E-state index in [4.69, 9.17) is 15.4 Å². The summed E-state index contributed by atoms with van der Waals surface area (Å²) in [5, 5.41) is 28.2. The van der Waals surface area contributed by atoms with Gasteiger partial charge in [-0.05, 0) is 29.8 Å². The maximum atomic E-state index is 13.9. The molecule has 7 heteroatoms. The molecule has 0 saturated carbocycles. The van der Waals surface area contributed by atoms with E-state index in [9.17, 15) is 9.50 Å². The molecule has 4 aromatic rings. The number of rotatable bonds is 7. The molecule has 3 aromatic carbocycles. The molecule has 0 radical (unpaired) electrons. The first kappa shape index (κ1) is 20.4. The highest BCUT2D eigenvalue weighted by molar-refractivity contribution is 5.76. The Morgan fingerprint density at radius 2 is 1.68 bits per heavy atom. The summed E-state index contributed by atoms with van der Waals surface area (Å²) in [6.07, 6.45) is -0.977. The van der Waals surface area contributed by atoms with Gasteiger partial charge in [0.15, 0.2) is 11.6 Å². The minimum Gasteiger partial charge on any atom is -0.488 e. The topological polar surface area (TPSA) is 87.0 Å². The van der Waals surface area contributed by atoms with E-state index in [0.717, 1.165) is 22.7 Å². The number of imidazole rings is 1. The summed E-state index contributed by atoms with van der Waals surface area (Å²) < 4.78 is 22.9. The minimum absolute atomic E-state index is 0.0827. The number of nitrogens with one attached hydrogen (secondary N) is 1. The van der Waals surface area contributed by atoms with Gasteiger partial charge in [0, 0.05) is 6.07 Å². The van der Waals surface area contributed by atoms with Crippen LogP contribution in [-0.4, -0.2) is 27.0 Å². The first-order valence-electron chi connectivity index (χ1n) is 9.84. The van der Waals surface area contributed by atoms with Crippen LogP contribution < -0.4 is 10.4 Å². The fourth-order valence-corrected chi connectivity index (χ4v) is 3.54. The van der Waals surface area contributed by atoms with Crippen molar-refractivity contribution in [1.29, 1.82) is 10.7 Å². The molecule has 0 aliphatic heterocycles. The van der Waals surface area contributed by atoms with E-state index in [0.29, 0.717) is 6.54 Å². The monoisotopic (exact) mass is 416 g/mol. The average Bonchev–Trinajstić information content (AvgIpc) is 3.05. The number of hydrogen-bond donors (Lipinski definition) is 2. The van der Waals surface area contributed by atoms with Crippen molar-refractivity contribution in [1.82, 2.24) is 9.13 Å². The van der Waals surface area contributed by atoms with E-state index in [1.54, 1.807) is 4.57 Å². The van der Waals surface area contributed by atoms with Crippen molar-refractivity contribution in [2.75, 3.05) is 6.61 Å². The molecule has 1 atom stereocenters. The van der Waals surface area contributed by atoms with E-state index >= 15 is 0 Å². The fourth-order valence-electron chi connectivity index (χ4n) is 3.54. The number of aromatic nitrogens is 2. The Bertz CT molecular complexity index is 1300. The zero-order valence-corrected chi connectivity index (χ0v) is 16.7. The second-order valence-corrected chi connectivity index (χ2v) is 7.22. The van der Waals surface area contributed by atoms with Crippen molar-refractivity contribution in [3.05, 3.63) is 95.4 Å². The molecule has 156 valence electrons. The number of fused-ring (bicyclic) bond motifs is 1. The molecule has 4 rings (SSSR count). The summed E-state index contributed by atoms with van der Waals surface area (Å²) in [4.78, 5) is 0. The second kappa shape index (κ2) is 8.86. The molecule has 1 heterocycles. The van der Waals surface area contributed by atoms with Crippen LogP contribution in [0.25, 0.3) is 11.0 Å². The standard InChI is InChI=1S/C24H21FN4O2/c25-20-11-10-18(13-26)12-23(20)31-16-19(30)15-29-22-9-5-4-8-21(22)28(24(29)27)14-17-6-2-1-3-7-17/h1-12,19,27,30H,14-16H2. The van der Waals surface area contributed by atoms with E-state index in [-0.39, 0.29) is 30.1 Å². The van der Waals surface area contributed by atoms with E-state index in [2.05, 4.69) is 0 Å². The lowest BCUT2D eigenvalue weighted by Gasteiger charge is -2.14. The van der Waals surface area contributed by atoms with Crippen molar-refractivity contribution in [2.45, 2.75) is 19.2 Å². The normalized spacial score (nSPS) is 11.9. The van der Waals surface area contributed by atoms with Crippen LogP contribution >= 0.6 is 0 Å². The smallest absolute Gasteiger partial charge is 0.203 e. The highest BCUT2D eigenvalue weighted by Gasteiger charge is 2.15. The molecule has 0 fully saturated rings. The highest BCUT2D eigenvalue weighted by atomic mass is 19.1. The number of nitriles is 1. The second-order valence-electron chi connectivity index (χ2n) is 7.22. The predicted molar refractivity (Wildman–Crippen MR) is 114 cm³/mol. The Hall–Kier alpha value is -3.89. The summed E-state index contributed by atoms with van der Waals surface area (Å²) in [5.41, 5.74) is 3.30. The molecule has 6 nitrogen and oxygen atoms in total. The van der Waals surface area contributed by atoms with Gasteiger partial charge in [-0.2, -0.15) is 5.26 Å². The van der Waals surface area contributed by atoms with Gasteiger partial charge in [-0.15, -0.1) is 0 Å². The average molecular weight is 416 g/mol. The zero-order chi connectivity index (χ0) is 21.8. The quantitative estimate of drug-likeness (QED) is 0.484. The number of halogens is 1. The highest BCUT2D eigenvalue weighted by Crippen LogP contribution is 2.19. The number of hydrogen-bond acceptors (Lipinski definition) is 4. The van der Waals surface area contributed by atoms with Crippen LogP contribution in [-0.2, 0) is 13.1 Å². The van der Waals surface area contributed by atoms with E-state index in [1.165, 1.54) is 12.1 Å². The number of aliphatic hydroxyl groups excluding tert-OH is 1. The summed E-state index contributed by atoms with van der Waals surface area (Å²) in [5.74, 6) is -0.680. The molecular formula is C24H21FN4O2. The Balaban J connectivity index is 1.56. The van der Waals surface area contributed by atoms with Crippen molar-refractivity contribution in [3.8, 4) is 11.8 Å². The van der Waals surface area contributed by atoms with E-state index < -0.39 is 11.9 Å². The van der Waals surface area contributed by atoms with Gasteiger partial charge in [0.05, 0.1) is 35.8 Å². The summed E-state index contributed by atoms with van der Waals surface area (Å²) in [6, 6.07) is 23.3. The molecular weight excluding hydrogens is 395 g/mol. The summed E-state index contributed by atoms with van der Waals surface area (Å²) in [7, 11) is 0. The number of nitrogens with zero attached hydrogens (tertiary/aromatic N) is 3. The van der Waals surface area contributed by atoms with Gasteiger partial charge in [-0.1, -0.05) is 42.5 Å². The molecule has 0 aliphatic rings. The molecule has 31 heavy (non-hydrogen) atoms. The number of aliphatic hydroxyl groups is 1. The van der Waals surface area contributed by atoms with Crippen LogP contribution in [0.5, 0.6) is 5.75 Å². The van der Waals surface area contributed by atoms with Crippen molar-refractivity contribution >= 4 is 11.0 Å². The largest absolute Gasteiger partial charge is 0.488 e. The Morgan fingerprint density at radius 3 is 2.39 bits per heavy atom. The molecule has 0 aliphatic carbocycles. The third-order valence-corrected chi connectivity index (χ3v) is 5.04. The van der Waals surface area contributed by atoms with Crippen LogP contribution in [0.2, 0.25) is 0 Å². The number of para-hydroxylation sites is 2. The fraction of sp³-hybridized carbons (Fsp3) is 0.167. The maximum Gasteiger partial charge on any atom is 0.203 e. The first-order valence-corrected chi connectivity index (χ1v) is 9.84. The summed E-state index contributed by atoms with van der Waals surface area (Å²) in [6.45, 7) is 0.475. The summed E-state index contributed by atoms with van der Waals surface area (Å²) >= 11 is 0. The van der Waals surface area contributed by atoms with E-state index in [1.807, 2.05) is 65.2 Å². The Morgan fingerprint density at radius 1 is 1.00 bits per heavy atom. The van der Waals surface area contributed by atoms with Gasteiger partial charge in [-0.25, -0.2) is 4.39 Å². The van der Waals surface area contributed by atoms with Crippen LogP contribution in [0.3, 0.4) is 0 Å². The Labute approximate surface area is 178 Å². The van der Waals surface area contributed by atoms with Crippen LogP contribution in [0, 0.1) is 22.6 Å². The minimum atomic E-state index is -0.977. The van der Waals surface area contributed by atoms with Crippen molar-refractivity contribution < 1.29 is 14.2 Å². The van der Waals surface area contributed by atoms with Gasteiger partial charge >= 0.3 is 0 Å². The van der Waals surface area contributed by atoms with Gasteiger partial charge in [-0.3, -0.25) is 5.41 Å². The van der Waals surface area contributed by atoms with Crippen molar-refractivity contribution in [3.63, 3.8) is 0 Å². The molecule has 0 spiro atoms. The lowest BCUT2D eigenvalue weighted by Crippen LogP contribution is -2.31. The molecule has 0 bridgehead atoms.